The fourth-order valence-corrected chi connectivity index (χ4v) is 3.00. The topological polar surface area (TPSA) is 57.6 Å². The van der Waals surface area contributed by atoms with Gasteiger partial charge in [-0.2, -0.15) is 0 Å². The molecule has 0 saturated carbocycles. The average Bonchev–Trinajstić information content (AvgIpc) is 2.95. The van der Waals surface area contributed by atoms with Gasteiger partial charge < -0.3 is 10.0 Å². The minimum atomic E-state index is -0.906. The Labute approximate surface area is 117 Å². The van der Waals surface area contributed by atoms with Gasteiger partial charge in [0.2, 0.25) is 0 Å². The van der Waals surface area contributed by atoms with E-state index in [9.17, 15) is 9.59 Å². The summed E-state index contributed by atoms with van der Waals surface area (Å²) in [4.78, 5) is 25.2. The number of carboxylic acid groups (broad SMARTS) is 1. The number of amides is 1. The standard InChI is InChI=1S/C16H17NO3/c18-15(17-9-3-6-14(17)16(19)20)13-8-7-11-4-1-2-5-12(11)10-13/h1,4,7-8,10,14H,2-3,5-6,9H2,(H,19,20). The second-order valence-electron chi connectivity index (χ2n) is 5.35. The Bertz CT molecular complexity index is 591. The van der Waals surface area contributed by atoms with E-state index in [0.717, 1.165) is 24.8 Å². The SMILES string of the molecule is O=C(O)C1CCCN1C(=O)c1ccc2c(c1)CCC=C2. The molecule has 1 aliphatic carbocycles. The third kappa shape index (κ3) is 2.22. The molecule has 1 saturated heterocycles. The van der Waals surface area contributed by atoms with Crippen molar-refractivity contribution < 1.29 is 14.7 Å². The van der Waals surface area contributed by atoms with Gasteiger partial charge in [0.25, 0.3) is 5.91 Å². The molecule has 4 heteroatoms. The van der Waals surface area contributed by atoms with Gasteiger partial charge in [-0.05, 0) is 48.9 Å². The average molecular weight is 271 g/mol. The van der Waals surface area contributed by atoms with Crippen LogP contribution in [0.15, 0.2) is 24.3 Å². The van der Waals surface area contributed by atoms with E-state index < -0.39 is 12.0 Å². The molecule has 1 N–H and O–H groups in total. The molecule has 1 amide bonds. The van der Waals surface area contributed by atoms with Crippen molar-refractivity contribution in [2.24, 2.45) is 0 Å². The molecule has 20 heavy (non-hydrogen) atoms. The summed E-state index contributed by atoms with van der Waals surface area (Å²) in [5, 5.41) is 9.17. The number of allylic oxidation sites excluding steroid dienone is 1. The predicted octanol–water partition coefficient (Wildman–Crippen LogP) is 2.34. The Balaban J connectivity index is 1.87. The second-order valence-corrected chi connectivity index (χ2v) is 5.35. The molecule has 1 atom stereocenters. The lowest BCUT2D eigenvalue weighted by molar-refractivity contribution is -0.141. The Hall–Kier alpha value is -2.10. The van der Waals surface area contributed by atoms with Crippen LogP contribution in [-0.4, -0.2) is 34.5 Å². The second kappa shape index (κ2) is 5.12. The van der Waals surface area contributed by atoms with E-state index in [2.05, 4.69) is 12.2 Å². The van der Waals surface area contributed by atoms with Crippen LogP contribution < -0.4 is 0 Å². The molecular weight excluding hydrogens is 254 g/mol. The maximum absolute atomic E-state index is 12.5. The summed E-state index contributed by atoms with van der Waals surface area (Å²) in [6.45, 7) is 0.535. The van der Waals surface area contributed by atoms with E-state index in [1.54, 1.807) is 6.07 Å². The summed E-state index contributed by atoms with van der Waals surface area (Å²) in [5.74, 6) is -1.07. The minimum absolute atomic E-state index is 0.160. The summed E-state index contributed by atoms with van der Waals surface area (Å²) < 4.78 is 0. The van der Waals surface area contributed by atoms with Crippen LogP contribution in [0.4, 0.5) is 0 Å². The van der Waals surface area contributed by atoms with E-state index in [-0.39, 0.29) is 5.91 Å². The molecule has 1 unspecified atom stereocenters. The molecule has 1 fully saturated rings. The molecule has 0 aromatic heterocycles. The molecule has 2 aliphatic rings. The summed E-state index contributed by atoms with van der Waals surface area (Å²) in [7, 11) is 0. The van der Waals surface area contributed by atoms with Gasteiger partial charge in [-0.1, -0.05) is 18.2 Å². The first-order valence-electron chi connectivity index (χ1n) is 7.00. The van der Waals surface area contributed by atoms with Crippen LogP contribution in [0, 0.1) is 0 Å². The van der Waals surface area contributed by atoms with Crippen molar-refractivity contribution in [1.29, 1.82) is 0 Å². The first-order valence-corrected chi connectivity index (χ1v) is 7.00. The van der Waals surface area contributed by atoms with Crippen molar-refractivity contribution in [1.82, 2.24) is 4.90 Å². The van der Waals surface area contributed by atoms with Gasteiger partial charge in [-0.3, -0.25) is 4.79 Å². The monoisotopic (exact) mass is 271 g/mol. The van der Waals surface area contributed by atoms with Crippen LogP contribution in [0.1, 0.15) is 40.7 Å². The molecule has 104 valence electrons. The number of hydrogen-bond donors (Lipinski definition) is 1. The fourth-order valence-electron chi connectivity index (χ4n) is 3.00. The number of aliphatic carboxylic acids is 1. The summed E-state index contributed by atoms with van der Waals surface area (Å²) in [6, 6.07) is 5.00. The Morgan fingerprint density at radius 1 is 1.30 bits per heavy atom. The maximum atomic E-state index is 12.5. The van der Waals surface area contributed by atoms with Crippen molar-refractivity contribution in [3.63, 3.8) is 0 Å². The molecule has 3 rings (SSSR count). The highest BCUT2D eigenvalue weighted by molar-refractivity contribution is 5.97. The van der Waals surface area contributed by atoms with E-state index >= 15 is 0 Å². The minimum Gasteiger partial charge on any atom is -0.480 e. The zero-order valence-corrected chi connectivity index (χ0v) is 11.2. The highest BCUT2D eigenvalue weighted by atomic mass is 16.4. The van der Waals surface area contributed by atoms with Crippen molar-refractivity contribution in [2.45, 2.75) is 31.7 Å². The summed E-state index contributed by atoms with van der Waals surface area (Å²) in [6.07, 6.45) is 7.44. The quantitative estimate of drug-likeness (QED) is 0.898. The molecule has 1 aromatic rings. The normalized spacial score (nSPS) is 20.8. The number of hydrogen-bond acceptors (Lipinski definition) is 2. The van der Waals surface area contributed by atoms with Crippen molar-refractivity contribution in [2.75, 3.05) is 6.54 Å². The van der Waals surface area contributed by atoms with Crippen molar-refractivity contribution >= 4 is 18.0 Å². The van der Waals surface area contributed by atoms with E-state index in [1.165, 1.54) is 10.5 Å². The lowest BCUT2D eigenvalue weighted by atomic mass is 9.95. The first kappa shape index (κ1) is 12.9. The molecule has 4 nitrogen and oxygen atoms in total. The predicted molar refractivity (Wildman–Crippen MR) is 75.5 cm³/mol. The highest BCUT2D eigenvalue weighted by Gasteiger charge is 2.34. The number of rotatable bonds is 2. The number of benzene rings is 1. The maximum Gasteiger partial charge on any atom is 0.326 e. The van der Waals surface area contributed by atoms with Gasteiger partial charge in [0.15, 0.2) is 0 Å². The van der Waals surface area contributed by atoms with Gasteiger partial charge in [0.05, 0.1) is 0 Å². The number of fused-ring (bicyclic) bond motifs is 1. The molecule has 0 spiro atoms. The van der Waals surface area contributed by atoms with E-state index in [0.29, 0.717) is 18.5 Å². The Kier molecular flexibility index (Phi) is 3.30. The largest absolute Gasteiger partial charge is 0.480 e. The molecular formula is C16H17NO3. The molecule has 0 radical (unpaired) electrons. The van der Waals surface area contributed by atoms with E-state index in [4.69, 9.17) is 5.11 Å². The highest BCUT2D eigenvalue weighted by Crippen LogP contribution is 2.24. The van der Waals surface area contributed by atoms with Crippen molar-refractivity contribution in [3.05, 3.63) is 41.0 Å². The number of likely N-dealkylation sites (tertiary alicyclic amines) is 1. The lowest BCUT2D eigenvalue weighted by Crippen LogP contribution is -2.40. The zero-order chi connectivity index (χ0) is 14.1. The van der Waals surface area contributed by atoms with Crippen LogP contribution in [0.3, 0.4) is 0 Å². The molecule has 1 heterocycles. The van der Waals surface area contributed by atoms with Crippen LogP contribution >= 0.6 is 0 Å². The van der Waals surface area contributed by atoms with Gasteiger partial charge in [0.1, 0.15) is 6.04 Å². The van der Waals surface area contributed by atoms with Gasteiger partial charge in [-0.25, -0.2) is 4.79 Å². The number of nitrogens with zero attached hydrogens (tertiary/aromatic N) is 1. The van der Waals surface area contributed by atoms with Crippen LogP contribution in [0.25, 0.3) is 6.08 Å². The van der Waals surface area contributed by atoms with Crippen molar-refractivity contribution in [3.8, 4) is 0 Å². The number of carbonyl (C=O) groups is 2. The Morgan fingerprint density at radius 2 is 2.15 bits per heavy atom. The van der Waals surface area contributed by atoms with Crippen LogP contribution in [-0.2, 0) is 11.2 Å². The number of carboxylic acids is 1. The van der Waals surface area contributed by atoms with Gasteiger partial charge in [0, 0.05) is 12.1 Å². The molecule has 1 aliphatic heterocycles. The smallest absolute Gasteiger partial charge is 0.326 e. The Morgan fingerprint density at radius 3 is 2.95 bits per heavy atom. The summed E-state index contributed by atoms with van der Waals surface area (Å²) in [5.41, 5.74) is 2.93. The fraction of sp³-hybridized carbons (Fsp3) is 0.375. The lowest BCUT2D eigenvalue weighted by Gasteiger charge is -2.22. The zero-order valence-electron chi connectivity index (χ0n) is 11.2. The van der Waals surface area contributed by atoms with E-state index in [1.807, 2.05) is 12.1 Å². The number of aryl methyl sites for hydroxylation is 1. The third-order valence-electron chi connectivity index (χ3n) is 4.07. The van der Waals surface area contributed by atoms with Gasteiger partial charge in [-0.15, -0.1) is 0 Å². The molecule has 1 aromatic carbocycles. The van der Waals surface area contributed by atoms with Crippen LogP contribution in [0.5, 0.6) is 0 Å². The first-order chi connectivity index (χ1) is 9.66. The molecule has 0 bridgehead atoms. The van der Waals surface area contributed by atoms with Gasteiger partial charge >= 0.3 is 5.97 Å². The number of carbonyl (C=O) groups excluding carboxylic acids is 1. The van der Waals surface area contributed by atoms with Crippen LogP contribution in [0.2, 0.25) is 0 Å². The summed E-state index contributed by atoms with van der Waals surface area (Å²) >= 11 is 0. The third-order valence-corrected chi connectivity index (χ3v) is 4.07.